The molecule has 0 saturated heterocycles. The molecule has 2 aromatic heterocycles. The van der Waals surface area contributed by atoms with Gasteiger partial charge in [-0.05, 0) is 48.6 Å². The molecule has 0 spiro atoms. The SMILES string of the molecule is Cc1ccc2cc(CCNC(=O)c3cccnc3N(C)C)c(=O)[nH]c2c1. The first-order valence-corrected chi connectivity index (χ1v) is 8.49. The van der Waals surface area contributed by atoms with E-state index in [1.807, 2.05) is 45.3 Å². The van der Waals surface area contributed by atoms with Crippen molar-refractivity contribution < 1.29 is 4.79 Å². The number of carbonyl (C=O) groups excluding carboxylic acids is 1. The lowest BCUT2D eigenvalue weighted by molar-refractivity contribution is 0.0954. The van der Waals surface area contributed by atoms with Crippen LogP contribution < -0.4 is 15.8 Å². The molecule has 3 rings (SSSR count). The smallest absolute Gasteiger partial charge is 0.255 e. The Hall–Kier alpha value is -3.15. The predicted octanol–water partition coefficient (Wildman–Crippen LogP) is 2.27. The fourth-order valence-corrected chi connectivity index (χ4v) is 2.88. The van der Waals surface area contributed by atoms with Crippen molar-refractivity contribution in [3.05, 3.63) is 69.6 Å². The highest BCUT2D eigenvalue weighted by molar-refractivity contribution is 5.98. The normalized spacial score (nSPS) is 10.7. The van der Waals surface area contributed by atoms with Crippen LogP contribution in [0, 0.1) is 6.92 Å². The molecule has 0 aliphatic carbocycles. The molecular formula is C20H22N4O2. The van der Waals surface area contributed by atoms with E-state index in [2.05, 4.69) is 15.3 Å². The first-order valence-electron chi connectivity index (χ1n) is 8.49. The summed E-state index contributed by atoms with van der Waals surface area (Å²) in [5.74, 6) is 0.415. The van der Waals surface area contributed by atoms with Crippen molar-refractivity contribution >= 4 is 22.6 Å². The lowest BCUT2D eigenvalue weighted by Gasteiger charge is -2.15. The number of carbonyl (C=O) groups is 1. The van der Waals surface area contributed by atoms with E-state index < -0.39 is 0 Å². The van der Waals surface area contributed by atoms with Crippen molar-refractivity contribution in [2.45, 2.75) is 13.3 Å². The molecule has 6 heteroatoms. The van der Waals surface area contributed by atoms with Gasteiger partial charge >= 0.3 is 0 Å². The molecule has 6 nitrogen and oxygen atoms in total. The van der Waals surface area contributed by atoms with Gasteiger partial charge in [0.25, 0.3) is 11.5 Å². The monoisotopic (exact) mass is 350 g/mol. The number of hydrogen-bond donors (Lipinski definition) is 2. The van der Waals surface area contributed by atoms with Gasteiger partial charge in [0.15, 0.2) is 0 Å². The second-order valence-electron chi connectivity index (χ2n) is 6.49. The van der Waals surface area contributed by atoms with E-state index in [0.717, 1.165) is 16.5 Å². The maximum absolute atomic E-state index is 12.4. The van der Waals surface area contributed by atoms with Crippen LogP contribution in [-0.2, 0) is 6.42 Å². The first-order chi connectivity index (χ1) is 12.5. The van der Waals surface area contributed by atoms with Crippen LogP contribution in [-0.4, -0.2) is 36.5 Å². The summed E-state index contributed by atoms with van der Waals surface area (Å²) >= 11 is 0. The molecule has 0 aliphatic rings. The van der Waals surface area contributed by atoms with Crippen LogP contribution in [0.15, 0.2) is 47.4 Å². The molecular weight excluding hydrogens is 328 g/mol. The number of H-pyrrole nitrogens is 1. The standard InChI is InChI=1S/C20H22N4O2/c1-13-6-7-14-12-15(19(25)23-17(14)11-13)8-10-22-20(26)16-5-4-9-21-18(16)24(2)3/h4-7,9,11-12H,8,10H2,1-3H3,(H,22,26)(H,23,25). The second kappa shape index (κ2) is 7.39. The Morgan fingerprint density at radius 2 is 2.04 bits per heavy atom. The molecule has 26 heavy (non-hydrogen) atoms. The number of aromatic nitrogens is 2. The number of nitrogens with zero attached hydrogens (tertiary/aromatic N) is 2. The first kappa shape index (κ1) is 17.7. The molecule has 0 saturated carbocycles. The fourth-order valence-electron chi connectivity index (χ4n) is 2.88. The van der Waals surface area contributed by atoms with Gasteiger partial charge < -0.3 is 15.2 Å². The Bertz CT molecular complexity index is 1010. The van der Waals surface area contributed by atoms with Crippen LogP contribution in [0.3, 0.4) is 0 Å². The maximum Gasteiger partial charge on any atom is 0.255 e. The highest BCUT2D eigenvalue weighted by Gasteiger charge is 2.13. The summed E-state index contributed by atoms with van der Waals surface area (Å²) in [6, 6.07) is 11.3. The zero-order valence-electron chi connectivity index (χ0n) is 15.2. The van der Waals surface area contributed by atoms with Crippen LogP contribution in [0.25, 0.3) is 10.9 Å². The van der Waals surface area contributed by atoms with E-state index in [1.165, 1.54) is 0 Å². The molecule has 0 fully saturated rings. The minimum atomic E-state index is -0.199. The second-order valence-corrected chi connectivity index (χ2v) is 6.49. The van der Waals surface area contributed by atoms with Crippen molar-refractivity contribution in [2.75, 3.05) is 25.5 Å². The van der Waals surface area contributed by atoms with E-state index in [4.69, 9.17) is 0 Å². The maximum atomic E-state index is 12.4. The lowest BCUT2D eigenvalue weighted by Crippen LogP contribution is -2.29. The number of nitrogens with one attached hydrogen (secondary N) is 2. The Morgan fingerprint density at radius 3 is 2.81 bits per heavy atom. The van der Waals surface area contributed by atoms with Gasteiger partial charge in [0.2, 0.25) is 0 Å². The average Bonchev–Trinajstić information content (AvgIpc) is 2.62. The summed E-state index contributed by atoms with van der Waals surface area (Å²) in [6.45, 7) is 2.36. The lowest BCUT2D eigenvalue weighted by atomic mass is 10.1. The molecule has 0 aliphatic heterocycles. The molecule has 1 amide bonds. The van der Waals surface area contributed by atoms with Crippen LogP contribution >= 0.6 is 0 Å². The van der Waals surface area contributed by atoms with Crippen molar-refractivity contribution in [3.8, 4) is 0 Å². The van der Waals surface area contributed by atoms with Crippen LogP contribution in [0.1, 0.15) is 21.5 Å². The zero-order chi connectivity index (χ0) is 18.7. The van der Waals surface area contributed by atoms with E-state index in [0.29, 0.717) is 29.9 Å². The summed E-state index contributed by atoms with van der Waals surface area (Å²) in [5.41, 5.74) is 2.98. The van der Waals surface area contributed by atoms with Gasteiger partial charge in [0.05, 0.1) is 5.56 Å². The number of benzene rings is 1. The number of anilines is 1. The predicted molar refractivity (Wildman–Crippen MR) is 104 cm³/mol. The van der Waals surface area contributed by atoms with Crippen molar-refractivity contribution in [3.63, 3.8) is 0 Å². The largest absolute Gasteiger partial charge is 0.362 e. The van der Waals surface area contributed by atoms with Crippen LogP contribution in [0.5, 0.6) is 0 Å². The summed E-state index contributed by atoms with van der Waals surface area (Å²) in [6.07, 6.45) is 2.12. The van der Waals surface area contributed by atoms with Gasteiger partial charge in [0.1, 0.15) is 5.82 Å². The summed E-state index contributed by atoms with van der Waals surface area (Å²) in [5, 5.41) is 3.85. The molecule has 134 valence electrons. The fraction of sp³-hybridized carbons (Fsp3) is 0.250. The Balaban J connectivity index is 1.71. The van der Waals surface area contributed by atoms with Crippen LogP contribution in [0.4, 0.5) is 5.82 Å². The highest BCUT2D eigenvalue weighted by Crippen LogP contribution is 2.15. The van der Waals surface area contributed by atoms with Gasteiger partial charge in [-0.3, -0.25) is 9.59 Å². The molecule has 1 aromatic carbocycles. The van der Waals surface area contributed by atoms with E-state index >= 15 is 0 Å². The third-order valence-corrected chi connectivity index (χ3v) is 4.21. The Morgan fingerprint density at radius 1 is 1.23 bits per heavy atom. The van der Waals surface area contributed by atoms with Gasteiger partial charge in [-0.2, -0.15) is 0 Å². The molecule has 2 N–H and O–H groups in total. The number of pyridine rings is 2. The van der Waals surface area contributed by atoms with Gasteiger partial charge in [-0.1, -0.05) is 12.1 Å². The Kier molecular flexibility index (Phi) is 5.02. The van der Waals surface area contributed by atoms with E-state index in [1.54, 1.807) is 23.2 Å². The Labute approximate surface area is 151 Å². The van der Waals surface area contributed by atoms with Crippen molar-refractivity contribution in [2.24, 2.45) is 0 Å². The topological polar surface area (TPSA) is 78.1 Å². The molecule has 0 bridgehead atoms. The molecule has 2 heterocycles. The number of aryl methyl sites for hydroxylation is 1. The molecule has 3 aromatic rings. The average molecular weight is 350 g/mol. The highest BCUT2D eigenvalue weighted by atomic mass is 16.1. The van der Waals surface area contributed by atoms with Crippen molar-refractivity contribution in [1.29, 1.82) is 0 Å². The number of aromatic amines is 1. The number of hydrogen-bond acceptors (Lipinski definition) is 4. The van der Waals surface area contributed by atoms with Gasteiger partial charge in [-0.25, -0.2) is 4.98 Å². The van der Waals surface area contributed by atoms with Crippen molar-refractivity contribution in [1.82, 2.24) is 15.3 Å². The minimum Gasteiger partial charge on any atom is -0.362 e. The quantitative estimate of drug-likeness (QED) is 0.740. The zero-order valence-corrected chi connectivity index (χ0v) is 15.2. The summed E-state index contributed by atoms with van der Waals surface area (Å²) in [7, 11) is 3.69. The van der Waals surface area contributed by atoms with Gasteiger partial charge in [0, 0.05) is 37.9 Å². The molecule has 0 atom stereocenters. The summed E-state index contributed by atoms with van der Waals surface area (Å²) in [4.78, 5) is 33.6. The minimum absolute atomic E-state index is 0.118. The number of fused-ring (bicyclic) bond motifs is 1. The van der Waals surface area contributed by atoms with Gasteiger partial charge in [-0.15, -0.1) is 0 Å². The number of amides is 1. The summed E-state index contributed by atoms with van der Waals surface area (Å²) < 4.78 is 0. The third kappa shape index (κ3) is 3.74. The molecule has 0 unspecified atom stereocenters. The van der Waals surface area contributed by atoms with Crippen LogP contribution in [0.2, 0.25) is 0 Å². The van der Waals surface area contributed by atoms with E-state index in [9.17, 15) is 9.59 Å². The molecule has 0 radical (unpaired) electrons. The number of rotatable bonds is 5. The van der Waals surface area contributed by atoms with E-state index in [-0.39, 0.29) is 11.5 Å². The third-order valence-electron chi connectivity index (χ3n) is 4.21.